The van der Waals surface area contributed by atoms with Crippen molar-refractivity contribution in [3.63, 3.8) is 0 Å². The summed E-state index contributed by atoms with van der Waals surface area (Å²) in [4.78, 5) is 1.25. The minimum atomic E-state index is 0.294. The van der Waals surface area contributed by atoms with Gasteiger partial charge in [0.15, 0.2) is 11.0 Å². The molecule has 2 heterocycles. The SMILES string of the molecule is Cc1cc(C)cc(-[n+]2[c-]ccc3c4ccc5cc(CC(C)(C)C)ccc5c4sc32)c1. The average molecular weight is 410 g/mol. The van der Waals surface area contributed by atoms with E-state index in [0.717, 1.165) is 6.42 Å². The van der Waals surface area contributed by atoms with Crippen molar-refractivity contribution < 1.29 is 4.57 Å². The van der Waals surface area contributed by atoms with Crippen molar-refractivity contribution in [2.24, 2.45) is 5.41 Å². The molecule has 1 nitrogen and oxygen atoms in total. The molecule has 0 radical (unpaired) electrons. The second kappa shape index (κ2) is 6.92. The standard InChI is InChI=1S/C28H27NS/c1-18-13-19(2)15-22(14-18)29-12-6-7-25-24-11-9-21-16-20(17-28(3,4)5)8-10-23(21)26(24)30-27(25)29/h6-11,13-16H,17H2,1-5H3. The third-order valence-electron chi connectivity index (χ3n) is 5.61. The van der Waals surface area contributed by atoms with Gasteiger partial charge in [-0.15, -0.1) is 17.4 Å². The lowest BCUT2D eigenvalue weighted by atomic mass is 9.87. The van der Waals surface area contributed by atoms with Crippen LogP contribution in [0.1, 0.15) is 37.5 Å². The van der Waals surface area contributed by atoms with E-state index in [2.05, 4.69) is 100.0 Å². The van der Waals surface area contributed by atoms with E-state index in [1.807, 2.05) is 17.4 Å². The molecule has 2 heteroatoms. The van der Waals surface area contributed by atoms with Gasteiger partial charge < -0.3 is 0 Å². The first kappa shape index (κ1) is 19.3. The molecule has 0 aliphatic heterocycles. The lowest BCUT2D eigenvalue weighted by Gasteiger charge is -2.18. The van der Waals surface area contributed by atoms with Crippen LogP contribution in [0.2, 0.25) is 0 Å². The molecular weight excluding hydrogens is 382 g/mol. The normalized spacial score (nSPS) is 12.3. The number of fused-ring (bicyclic) bond motifs is 5. The fourth-order valence-electron chi connectivity index (χ4n) is 4.51. The van der Waals surface area contributed by atoms with Crippen LogP contribution in [0.3, 0.4) is 0 Å². The number of aromatic nitrogens is 1. The molecule has 5 rings (SSSR count). The summed E-state index contributed by atoms with van der Waals surface area (Å²) in [7, 11) is 0. The third-order valence-corrected chi connectivity index (χ3v) is 6.85. The Hall–Kier alpha value is -2.71. The number of pyridine rings is 1. The number of hydrogen-bond acceptors (Lipinski definition) is 1. The molecule has 150 valence electrons. The Morgan fingerprint density at radius 3 is 2.30 bits per heavy atom. The monoisotopic (exact) mass is 409 g/mol. The third kappa shape index (κ3) is 3.40. The van der Waals surface area contributed by atoms with E-state index in [1.54, 1.807) is 0 Å². The fraction of sp³-hybridized carbons (Fsp3) is 0.250. The van der Waals surface area contributed by atoms with E-state index < -0.39 is 0 Å². The summed E-state index contributed by atoms with van der Waals surface area (Å²) in [5, 5.41) is 5.31. The van der Waals surface area contributed by atoms with Gasteiger partial charge in [0.1, 0.15) is 5.69 Å². The highest BCUT2D eigenvalue weighted by Gasteiger charge is 2.15. The Morgan fingerprint density at radius 1 is 0.833 bits per heavy atom. The van der Waals surface area contributed by atoms with E-state index in [-0.39, 0.29) is 0 Å². The van der Waals surface area contributed by atoms with Crippen LogP contribution in [0.5, 0.6) is 0 Å². The van der Waals surface area contributed by atoms with Crippen LogP contribution in [0.25, 0.3) is 36.8 Å². The molecule has 0 amide bonds. The van der Waals surface area contributed by atoms with Gasteiger partial charge in [-0.25, -0.2) is 0 Å². The van der Waals surface area contributed by atoms with E-state index >= 15 is 0 Å². The summed E-state index contributed by atoms with van der Waals surface area (Å²) < 4.78 is 3.59. The van der Waals surface area contributed by atoms with Crippen molar-refractivity contribution in [1.82, 2.24) is 0 Å². The topological polar surface area (TPSA) is 3.88 Å². The number of nitrogens with zero attached hydrogens (tertiary/aromatic N) is 1. The van der Waals surface area contributed by atoms with Gasteiger partial charge >= 0.3 is 0 Å². The maximum absolute atomic E-state index is 3.45. The zero-order chi connectivity index (χ0) is 21.0. The quantitative estimate of drug-likeness (QED) is 0.210. The summed E-state index contributed by atoms with van der Waals surface area (Å²) in [6.07, 6.45) is 4.55. The molecule has 30 heavy (non-hydrogen) atoms. The highest BCUT2D eigenvalue weighted by Crippen LogP contribution is 2.38. The van der Waals surface area contributed by atoms with E-state index in [1.165, 1.54) is 53.5 Å². The maximum atomic E-state index is 3.45. The lowest BCUT2D eigenvalue weighted by molar-refractivity contribution is -0.569. The van der Waals surface area contributed by atoms with Crippen LogP contribution in [0, 0.1) is 25.5 Å². The van der Waals surface area contributed by atoms with Crippen molar-refractivity contribution in [3.8, 4) is 5.69 Å². The average Bonchev–Trinajstić information content (AvgIpc) is 3.04. The van der Waals surface area contributed by atoms with Crippen LogP contribution in [0.4, 0.5) is 0 Å². The van der Waals surface area contributed by atoms with Gasteiger partial charge in [0.2, 0.25) is 0 Å². The smallest absolute Gasteiger partial charge is 0.187 e. The van der Waals surface area contributed by atoms with Gasteiger partial charge in [0, 0.05) is 4.70 Å². The van der Waals surface area contributed by atoms with E-state index in [9.17, 15) is 0 Å². The minimum absolute atomic E-state index is 0.294. The highest BCUT2D eigenvalue weighted by molar-refractivity contribution is 7.26. The molecule has 0 aliphatic rings. The summed E-state index contributed by atoms with van der Waals surface area (Å²) in [6, 6.07) is 22.5. The molecular formula is C28H27NS. The zero-order valence-electron chi connectivity index (χ0n) is 18.3. The molecule has 0 saturated carbocycles. The van der Waals surface area contributed by atoms with Crippen molar-refractivity contribution >= 4 is 42.4 Å². The van der Waals surface area contributed by atoms with E-state index in [4.69, 9.17) is 0 Å². The Labute approximate surface area is 182 Å². The molecule has 3 aromatic carbocycles. The first-order valence-electron chi connectivity index (χ1n) is 10.6. The fourth-order valence-corrected chi connectivity index (χ4v) is 5.83. The zero-order valence-corrected chi connectivity index (χ0v) is 19.2. The second-order valence-electron chi connectivity index (χ2n) is 9.70. The predicted molar refractivity (Wildman–Crippen MR) is 130 cm³/mol. The Morgan fingerprint density at radius 2 is 1.57 bits per heavy atom. The molecule has 0 atom stereocenters. The largest absolute Gasteiger partial charge is 0.269 e. The number of rotatable bonds is 2. The van der Waals surface area contributed by atoms with Crippen LogP contribution in [-0.4, -0.2) is 0 Å². The van der Waals surface area contributed by atoms with Gasteiger partial charge in [-0.2, -0.15) is 0 Å². The van der Waals surface area contributed by atoms with Crippen molar-refractivity contribution in [2.75, 3.05) is 0 Å². The summed E-state index contributed by atoms with van der Waals surface area (Å²) in [6.45, 7) is 11.2. The molecule has 0 N–H and O–H groups in total. The van der Waals surface area contributed by atoms with Gasteiger partial charge in [0.25, 0.3) is 0 Å². The molecule has 0 saturated heterocycles. The van der Waals surface area contributed by atoms with Crippen molar-refractivity contribution in [2.45, 2.75) is 41.0 Å². The predicted octanol–water partition coefficient (Wildman–Crippen LogP) is 7.49. The molecule has 5 aromatic rings. The number of benzene rings is 3. The highest BCUT2D eigenvalue weighted by atomic mass is 32.1. The molecule has 0 bridgehead atoms. The van der Waals surface area contributed by atoms with Crippen LogP contribution >= 0.6 is 11.3 Å². The number of aryl methyl sites for hydroxylation is 2. The Bertz CT molecular complexity index is 1400. The molecule has 0 aliphatic carbocycles. The van der Waals surface area contributed by atoms with Gasteiger partial charge in [-0.05, 0) is 64.9 Å². The van der Waals surface area contributed by atoms with Crippen LogP contribution in [0.15, 0.2) is 60.7 Å². The van der Waals surface area contributed by atoms with Gasteiger partial charge in [-0.3, -0.25) is 4.57 Å². The molecule has 0 fully saturated rings. The van der Waals surface area contributed by atoms with Gasteiger partial charge in [-0.1, -0.05) is 74.4 Å². The first-order valence-corrected chi connectivity index (χ1v) is 11.4. The van der Waals surface area contributed by atoms with Crippen molar-refractivity contribution in [1.29, 1.82) is 0 Å². The van der Waals surface area contributed by atoms with Crippen LogP contribution in [-0.2, 0) is 6.42 Å². The molecule has 0 spiro atoms. The molecule has 0 unspecified atom stereocenters. The Balaban J connectivity index is 1.75. The summed E-state index contributed by atoms with van der Waals surface area (Å²) in [5.74, 6) is 0. The second-order valence-corrected chi connectivity index (χ2v) is 10.7. The Kier molecular flexibility index (Phi) is 4.44. The lowest BCUT2D eigenvalue weighted by Crippen LogP contribution is -2.30. The van der Waals surface area contributed by atoms with Crippen molar-refractivity contribution in [3.05, 3.63) is 83.6 Å². The first-order chi connectivity index (χ1) is 14.3. The molecule has 2 aromatic heterocycles. The summed E-state index contributed by atoms with van der Waals surface area (Å²) >= 11 is 1.88. The van der Waals surface area contributed by atoms with E-state index in [0.29, 0.717) is 5.41 Å². The van der Waals surface area contributed by atoms with Gasteiger partial charge in [0.05, 0.1) is 0 Å². The maximum Gasteiger partial charge on any atom is 0.187 e. The summed E-state index contributed by atoms with van der Waals surface area (Å²) in [5.41, 5.74) is 5.44. The van der Waals surface area contributed by atoms with Crippen LogP contribution < -0.4 is 4.57 Å². The number of hydrogen-bond donors (Lipinski definition) is 0. The number of thiophene rings is 1. The minimum Gasteiger partial charge on any atom is -0.269 e.